The van der Waals surface area contributed by atoms with Crippen LogP contribution in [0.4, 0.5) is 0 Å². The lowest BCUT2D eigenvalue weighted by atomic mass is 10.1. The molecule has 0 aliphatic rings. The van der Waals surface area contributed by atoms with Gasteiger partial charge in [-0.05, 0) is 13.3 Å². The second-order valence-corrected chi connectivity index (χ2v) is 4.88. The largest absolute Gasteiger partial charge is 0.756 e. The van der Waals surface area contributed by atoms with Gasteiger partial charge in [-0.25, -0.2) is 0 Å². The first kappa shape index (κ1) is 15.1. The lowest BCUT2D eigenvalue weighted by molar-refractivity contribution is -0.225. The molecule has 5 heteroatoms. The number of rotatable bonds is 10. The van der Waals surface area contributed by atoms with E-state index in [1.807, 2.05) is 0 Å². The highest BCUT2D eigenvalue weighted by molar-refractivity contribution is 7.45. The van der Waals surface area contributed by atoms with E-state index < -0.39 is 7.82 Å². The average Bonchev–Trinajstić information content (AvgIpc) is 2.16. The molecule has 0 N–H and O–H groups in total. The predicted molar refractivity (Wildman–Crippen MR) is 58.6 cm³/mol. The lowest BCUT2D eigenvalue weighted by Crippen LogP contribution is -2.08. The minimum absolute atomic E-state index is 0.136. The summed E-state index contributed by atoms with van der Waals surface area (Å²) in [5.74, 6) is 0. The normalized spacial score (nSPS) is 15.1. The summed E-state index contributed by atoms with van der Waals surface area (Å²) in [4.78, 5) is 10.9. The molecule has 0 aliphatic heterocycles. The molecule has 0 spiro atoms. The molecule has 0 aromatic rings. The Bertz CT molecular complexity index is 184. The minimum atomic E-state index is -4.00. The van der Waals surface area contributed by atoms with Crippen molar-refractivity contribution < 1.29 is 18.5 Å². The minimum Gasteiger partial charge on any atom is -0.756 e. The van der Waals surface area contributed by atoms with Crippen LogP contribution >= 0.6 is 7.82 Å². The van der Waals surface area contributed by atoms with Gasteiger partial charge in [0.2, 0.25) is 0 Å². The summed E-state index contributed by atoms with van der Waals surface area (Å²) in [5, 5.41) is 0. The molecular formula is C10H22O4P-. The van der Waals surface area contributed by atoms with Crippen LogP contribution in [0.1, 0.15) is 52.4 Å². The van der Waals surface area contributed by atoms with Gasteiger partial charge in [0.05, 0.1) is 13.2 Å². The molecule has 0 radical (unpaired) electrons. The Kier molecular flexibility index (Phi) is 9.41. The monoisotopic (exact) mass is 237 g/mol. The van der Waals surface area contributed by atoms with Crippen molar-refractivity contribution in [3.8, 4) is 0 Å². The zero-order valence-corrected chi connectivity index (χ0v) is 10.6. The molecule has 15 heavy (non-hydrogen) atoms. The van der Waals surface area contributed by atoms with Crippen molar-refractivity contribution in [1.82, 2.24) is 0 Å². The molecule has 0 amide bonds. The smallest absolute Gasteiger partial charge is 0.267 e. The van der Waals surface area contributed by atoms with Crippen LogP contribution in [0.5, 0.6) is 0 Å². The van der Waals surface area contributed by atoms with Gasteiger partial charge in [0.25, 0.3) is 7.82 Å². The summed E-state index contributed by atoms with van der Waals surface area (Å²) >= 11 is 0. The van der Waals surface area contributed by atoms with Crippen molar-refractivity contribution >= 4 is 7.82 Å². The van der Waals surface area contributed by atoms with E-state index in [9.17, 15) is 9.46 Å². The molecule has 1 atom stereocenters. The number of hydrogen-bond acceptors (Lipinski definition) is 4. The summed E-state index contributed by atoms with van der Waals surface area (Å²) in [6, 6.07) is 0. The van der Waals surface area contributed by atoms with Crippen LogP contribution in [0.25, 0.3) is 0 Å². The van der Waals surface area contributed by atoms with Gasteiger partial charge in [0.1, 0.15) is 0 Å². The van der Waals surface area contributed by atoms with E-state index in [-0.39, 0.29) is 13.2 Å². The fourth-order valence-electron chi connectivity index (χ4n) is 1.25. The molecule has 92 valence electrons. The quantitative estimate of drug-likeness (QED) is 0.433. The van der Waals surface area contributed by atoms with Crippen molar-refractivity contribution in [1.29, 1.82) is 0 Å². The van der Waals surface area contributed by atoms with Gasteiger partial charge >= 0.3 is 0 Å². The van der Waals surface area contributed by atoms with Crippen LogP contribution in [0, 0.1) is 0 Å². The lowest BCUT2D eigenvalue weighted by Gasteiger charge is -2.21. The molecule has 0 aromatic carbocycles. The summed E-state index contributed by atoms with van der Waals surface area (Å²) in [7, 11) is -4.00. The van der Waals surface area contributed by atoms with Gasteiger partial charge in [-0.1, -0.05) is 39.0 Å². The maximum Gasteiger partial charge on any atom is 0.267 e. The van der Waals surface area contributed by atoms with Crippen LogP contribution in [0.2, 0.25) is 0 Å². The summed E-state index contributed by atoms with van der Waals surface area (Å²) < 4.78 is 20.1. The Hall–Kier alpha value is 0.110. The molecule has 0 rings (SSSR count). The average molecular weight is 237 g/mol. The van der Waals surface area contributed by atoms with Crippen LogP contribution in [-0.2, 0) is 13.6 Å². The third-order valence-corrected chi connectivity index (χ3v) is 3.11. The Labute approximate surface area is 92.6 Å². The van der Waals surface area contributed by atoms with E-state index in [0.29, 0.717) is 0 Å². The highest BCUT2D eigenvalue weighted by Crippen LogP contribution is 2.37. The summed E-state index contributed by atoms with van der Waals surface area (Å²) in [5.41, 5.74) is 0. The van der Waals surface area contributed by atoms with E-state index in [2.05, 4.69) is 16.0 Å². The van der Waals surface area contributed by atoms with E-state index in [1.54, 1.807) is 6.92 Å². The van der Waals surface area contributed by atoms with Crippen molar-refractivity contribution in [2.45, 2.75) is 52.4 Å². The molecular weight excluding hydrogens is 215 g/mol. The fourth-order valence-corrected chi connectivity index (χ4v) is 2.00. The fraction of sp³-hybridized carbons (Fsp3) is 1.00. The number of phosphoric ester groups is 1. The van der Waals surface area contributed by atoms with Crippen LogP contribution in [0.3, 0.4) is 0 Å². The second kappa shape index (κ2) is 9.34. The van der Waals surface area contributed by atoms with Crippen LogP contribution in [-0.4, -0.2) is 13.2 Å². The van der Waals surface area contributed by atoms with Gasteiger partial charge in [0.15, 0.2) is 0 Å². The Morgan fingerprint density at radius 3 is 2.20 bits per heavy atom. The number of unbranched alkanes of at least 4 members (excludes halogenated alkanes) is 5. The van der Waals surface area contributed by atoms with Gasteiger partial charge in [-0.2, -0.15) is 0 Å². The highest BCUT2D eigenvalue weighted by atomic mass is 31.2. The van der Waals surface area contributed by atoms with Crippen molar-refractivity contribution in [2.75, 3.05) is 13.2 Å². The third-order valence-electron chi connectivity index (χ3n) is 2.03. The van der Waals surface area contributed by atoms with Gasteiger partial charge in [-0.15, -0.1) is 0 Å². The second-order valence-electron chi connectivity index (χ2n) is 3.47. The topological polar surface area (TPSA) is 58.6 Å². The first-order valence-corrected chi connectivity index (χ1v) is 7.18. The maximum atomic E-state index is 10.9. The SMILES string of the molecule is CCCCCCCCOP(=O)([O-])OCC. The van der Waals surface area contributed by atoms with Crippen LogP contribution < -0.4 is 4.89 Å². The Balaban J connectivity index is 3.26. The first-order valence-electron chi connectivity index (χ1n) is 5.72. The van der Waals surface area contributed by atoms with Crippen LogP contribution in [0.15, 0.2) is 0 Å². The highest BCUT2D eigenvalue weighted by Gasteiger charge is 2.06. The standard InChI is InChI=1S/C10H23O4P/c1-3-5-6-7-8-9-10-14-15(11,12)13-4-2/h3-10H2,1-2H3,(H,11,12)/p-1. The zero-order valence-electron chi connectivity index (χ0n) is 9.74. The summed E-state index contributed by atoms with van der Waals surface area (Å²) in [6.07, 6.45) is 6.64. The molecule has 0 saturated heterocycles. The first-order chi connectivity index (χ1) is 7.12. The third kappa shape index (κ3) is 10.4. The van der Waals surface area contributed by atoms with Crippen molar-refractivity contribution in [2.24, 2.45) is 0 Å². The number of hydrogen-bond donors (Lipinski definition) is 0. The van der Waals surface area contributed by atoms with Gasteiger partial charge in [0, 0.05) is 0 Å². The Morgan fingerprint density at radius 2 is 1.60 bits per heavy atom. The van der Waals surface area contributed by atoms with E-state index in [0.717, 1.165) is 19.3 Å². The molecule has 4 nitrogen and oxygen atoms in total. The van der Waals surface area contributed by atoms with Crippen molar-refractivity contribution in [3.63, 3.8) is 0 Å². The predicted octanol–water partition coefficient (Wildman–Crippen LogP) is 2.87. The maximum absolute atomic E-state index is 10.9. The summed E-state index contributed by atoms with van der Waals surface area (Å²) in [6.45, 7) is 4.17. The molecule has 0 heterocycles. The van der Waals surface area contributed by atoms with Gasteiger partial charge in [-0.3, -0.25) is 4.57 Å². The van der Waals surface area contributed by atoms with E-state index >= 15 is 0 Å². The van der Waals surface area contributed by atoms with E-state index in [1.165, 1.54) is 19.3 Å². The zero-order chi connectivity index (χ0) is 11.6. The molecule has 0 fully saturated rings. The Morgan fingerprint density at radius 1 is 1.00 bits per heavy atom. The van der Waals surface area contributed by atoms with Crippen molar-refractivity contribution in [3.05, 3.63) is 0 Å². The van der Waals surface area contributed by atoms with Gasteiger partial charge < -0.3 is 13.9 Å². The molecule has 1 unspecified atom stereocenters. The number of phosphoric acid groups is 1. The molecule has 0 aliphatic carbocycles. The molecule has 0 aromatic heterocycles. The molecule has 0 bridgehead atoms. The van der Waals surface area contributed by atoms with E-state index in [4.69, 9.17) is 0 Å². The molecule has 0 saturated carbocycles.